The summed E-state index contributed by atoms with van der Waals surface area (Å²) < 4.78 is 5.07. The van der Waals surface area contributed by atoms with E-state index in [1.807, 2.05) is 20.8 Å². The summed E-state index contributed by atoms with van der Waals surface area (Å²) in [6, 6.07) is 1.19. The number of carboxylic acids is 1. The van der Waals surface area contributed by atoms with Gasteiger partial charge >= 0.3 is 5.97 Å². The number of rotatable bonds is 5. The zero-order valence-electron chi connectivity index (χ0n) is 11.8. The quantitative estimate of drug-likeness (QED) is 0.859. The third-order valence-electron chi connectivity index (χ3n) is 2.72. The van der Waals surface area contributed by atoms with Crippen LogP contribution in [0, 0.1) is 12.3 Å². The van der Waals surface area contributed by atoms with Gasteiger partial charge < -0.3 is 14.8 Å². The SMILES string of the molecule is Cc1occc1C(=O)NC(CC(=O)O)CC(C)(C)C. The molecule has 0 bridgehead atoms. The number of amides is 1. The van der Waals surface area contributed by atoms with Crippen molar-refractivity contribution in [3.05, 3.63) is 23.7 Å². The molecule has 1 heterocycles. The summed E-state index contributed by atoms with van der Waals surface area (Å²) in [6.07, 6.45) is 1.96. The second kappa shape index (κ2) is 5.91. The second-order valence-corrected chi connectivity index (χ2v) is 5.92. The van der Waals surface area contributed by atoms with Crippen molar-refractivity contribution in [2.45, 2.75) is 46.6 Å². The third kappa shape index (κ3) is 5.16. The molecule has 0 radical (unpaired) electrons. The lowest BCUT2D eigenvalue weighted by atomic mass is 9.87. The van der Waals surface area contributed by atoms with Crippen molar-refractivity contribution >= 4 is 11.9 Å². The highest BCUT2D eigenvalue weighted by molar-refractivity contribution is 5.95. The molecule has 5 nitrogen and oxygen atoms in total. The Kier molecular flexibility index (Phi) is 4.75. The van der Waals surface area contributed by atoms with E-state index in [9.17, 15) is 9.59 Å². The summed E-state index contributed by atoms with van der Waals surface area (Å²) in [6.45, 7) is 7.73. The average molecular weight is 267 g/mol. The summed E-state index contributed by atoms with van der Waals surface area (Å²) >= 11 is 0. The Morgan fingerprint density at radius 1 is 1.42 bits per heavy atom. The fourth-order valence-electron chi connectivity index (χ4n) is 2.01. The number of carbonyl (C=O) groups is 2. The Morgan fingerprint density at radius 2 is 2.05 bits per heavy atom. The number of carboxylic acid groups (broad SMARTS) is 1. The van der Waals surface area contributed by atoms with Gasteiger partial charge in [0.25, 0.3) is 5.91 Å². The molecule has 2 N–H and O–H groups in total. The number of furan rings is 1. The van der Waals surface area contributed by atoms with Gasteiger partial charge in [0.15, 0.2) is 0 Å². The van der Waals surface area contributed by atoms with Gasteiger partial charge in [-0.05, 0) is 24.8 Å². The van der Waals surface area contributed by atoms with Gasteiger partial charge in [0.05, 0.1) is 18.2 Å². The van der Waals surface area contributed by atoms with Crippen LogP contribution in [0.1, 0.15) is 49.7 Å². The molecule has 0 spiro atoms. The molecular weight excluding hydrogens is 246 g/mol. The van der Waals surface area contributed by atoms with Crippen LogP contribution in [0.3, 0.4) is 0 Å². The molecular formula is C14H21NO4. The van der Waals surface area contributed by atoms with E-state index in [4.69, 9.17) is 9.52 Å². The van der Waals surface area contributed by atoms with Crippen LogP contribution in [0.25, 0.3) is 0 Å². The maximum Gasteiger partial charge on any atom is 0.305 e. The maximum absolute atomic E-state index is 12.0. The van der Waals surface area contributed by atoms with E-state index < -0.39 is 5.97 Å². The number of aliphatic carboxylic acids is 1. The van der Waals surface area contributed by atoms with Crippen LogP contribution in [0.5, 0.6) is 0 Å². The van der Waals surface area contributed by atoms with Gasteiger partial charge in [-0.2, -0.15) is 0 Å². The van der Waals surface area contributed by atoms with Crippen molar-refractivity contribution in [1.82, 2.24) is 5.32 Å². The Balaban J connectivity index is 2.74. The topological polar surface area (TPSA) is 79.5 Å². The second-order valence-electron chi connectivity index (χ2n) is 5.92. The fraction of sp³-hybridized carbons (Fsp3) is 0.571. The predicted molar refractivity (Wildman–Crippen MR) is 71.0 cm³/mol. The number of nitrogens with one attached hydrogen (secondary N) is 1. The Hall–Kier alpha value is -1.78. The van der Waals surface area contributed by atoms with Crippen LogP contribution >= 0.6 is 0 Å². The number of carbonyl (C=O) groups excluding carboxylic acids is 1. The zero-order chi connectivity index (χ0) is 14.6. The van der Waals surface area contributed by atoms with Crippen molar-refractivity contribution < 1.29 is 19.1 Å². The molecule has 0 aromatic carbocycles. The lowest BCUT2D eigenvalue weighted by Gasteiger charge is -2.25. The minimum atomic E-state index is -0.918. The van der Waals surface area contributed by atoms with Crippen LogP contribution < -0.4 is 5.32 Å². The molecule has 0 saturated heterocycles. The molecule has 19 heavy (non-hydrogen) atoms. The first-order chi connectivity index (χ1) is 8.69. The van der Waals surface area contributed by atoms with Crippen LogP contribution in [-0.4, -0.2) is 23.0 Å². The Bertz CT molecular complexity index is 456. The first kappa shape index (κ1) is 15.3. The van der Waals surface area contributed by atoms with E-state index in [0.29, 0.717) is 17.7 Å². The largest absolute Gasteiger partial charge is 0.481 e. The van der Waals surface area contributed by atoms with Crippen LogP contribution in [0.2, 0.25) is 0 Å². The molecule has 0 fully saturated rings. The molecule has 1 amide bonds. The smallest absolute Gasteiger partial charge is 0.305 e. The van der Waals surface area contributed by atoms with Gasteiger partial charge in [-0.3, -0.25) is 9.59 Å². The summed E-state index contributed by atoms with van der Waals surface area (Å²) in [5.41, 5.74) is 0.392. The van der Waals surface area contributed by atoms with Crippen molar-refractivity contribution in [3.8, 4) is 0 Å². The van der Waals surface area contributed by atoms with Crippen molar-refractivity contribution in [3.63, 3.8) is 0 Å². The lowest BCUT2D eigenvalue weighted by molar-refractivity contribution is -0.137. The number of hydrogen-bond acceptors (Lipinski definition) is 3. The van der Waals surface area contributed by atoms with Gasteiger partial charge in [-0.15, -0.1) is 0 Å². The van der Waals surface area contributed by atoms with Gasteiger partial charge in [-0.1, -0.05) is 20.8 Å². The summed E-state index contributed by atoms with van der Waals surface area (Å²) in [7, 11) is 0. The van der Waals surface area contributed by atoms with Crippen LogP contribution in [0.15, 0.2) is 16.7 Å². The highest BCUT2D eigenvalue weighted by Crippen LogP contribution is 2.22. The molecule has 1 rings (SSSR count). The summed E-state index contributed by atoms with van der Waals surface area (Å²) in [5.74, 6) is -0.678. The van der Waals surface area contributed by atoms with Crippen molar-refractivity contribution in [1.29, 1.82) is 0 Å². The van der Waals surface area contributed by atoms with Crippen molar-refractivity contribution in [2.75, 3.05) is 0 Å². The molecule has 5 heteroatoms. The number of aryl methyl sites for hydroxylation is 1. The normalized spacial score (nSPS) is 13.1. The van der Waals surface area contributed by atoms with Crippen LogP contribution in [-0.2, 0) is 4.79 Å². The molecule has 0 aliphatic rings. The first-order valence-electron chi connectivity index (χ1n) is 6.26. The summed E-state index contributed by atoms with van der Waals surface area (Å²) in [4.78, 5) is 22.9. The molecule has 0 aliphatic carbocycles. The van der Waals surface area contributed by atoms with Crippen LogP contribution in [0.4, 0.5) is 0 Å². The molecule has 1 atom stereocenters. The molecule has 0 aliphatic heterocycles. The maximum atomic E-state index is 12.0. The minimum absolute atomic E-state index is 0.0567. The first-order valence-corrected chi connectivity index (χ1v) is 6.26. The van der Waals surface area contributed by atoms with Gasteiger partial charge in [-0.25, -0.2) is 0 Å². The van der Waals surface area contributed by atoms with E-state index in [0.717, 1.165) is 0 Å². The molecule has 0 saturated carbocycles. The minimum Gasteiger partial charge on any atom is -0.481 e. The van der Waals surface area contributed by atoms with E-state index in [1.54, 1.807) is 13.0 Å². The highest BCUT2D eigenvalue weighted by Gasteiger charge is 2.24. The fourth-order valence-corrected chi connectivity index (χ4v) is 2.01. The third-order valence-corrected chi connectivity index (χ3v) is 2.72. The van der Waals surface area contributed by atoms with E-state index in [2.05, 4.69) is 5.32 Å². The number of hydrogen-bond donors (Lipinski definition) is 2. The van der Waals surface area contributed by atoms with E-state index in [1.165, 1.54) is 6.26 Å². The monoisotopic (exact) mass is 267 g/mol. The van der Waals surface area contributed by atoms with Gasteiger partial charge in [0.2, 0.25) is 0 Å². The summed E-state index contributed by atoms with van der Waals surface area (Å²) in [5, 5.41) is 11.7. The van der Waals surface area contributed by atoms with Gasteiger partial charge in [0.1, 0.15) is 5.76 Å². The van der Waals surface area contributed by atoms with E-state index in [-0.39, 0.29) is 23.8 Å². The standard InChI is InChI=1S/C14H21NO4/c1-9-11(5-6-19-9)13(18)15-10(7-12(16)17)8-14(2,3)4/h5-6,10H,7-8H2,1-4H3,(H,15,18)(H,16,17). The highest BCUT2D eigenvalue weighted by atomic mass is 16.4. The molecule has 1 aromatic heterocycles. The molecule has 1 unspecified atom stereocenters. The van der Waals surface area contributed by atoms with E-state index >= 15 is 0 Å². The molecule has 1 aromatic rings. The lowest BCUT2D eigenvalue weighted by Crippen LogP contribution is -2.39. The van der Waals surface area contributed by atoms with Gasteiger partial charge in [0, 0.05) is 6.04 Å². The zero-order valence-corrected chi connectivity index (χ0v) is 11.8. The molecule has 106 valence electrons. The Morgan fingerprint density at radius 3 is 2.47 bits per heavy atom. The van der Waals surface area contributed by atoms with Crippen molar-refractivity contribution in [2.24, 2.45) is 5.41 Å². The predicted octanol–water partition coefficient (Wildman–Crippen LogP) is 2.60. The Labute approximate surface area is 113 Å². The average Bonchev–Trinajstić information content (AvgIpc) is 2.60.